The monoisotopic (exact) mass is 279 g/mol. The lowest BCUT2D eigenvalue weighted by Gasteiger charge is -2.27. The van der Waals surface area contributed by atoms with E-state index in [0.29, 0.717) is 18.9 Å². The highest BCUT2D eigenvalue weighted by atomic mass is 16.5. The molecule has 20 heavy (non-hydrogen) atoms. The summed E-state index contributed by atoms with van der Waals surface area (Å²) in [4.78, 5) is 0. The van der Waals surface area contributed by atoms with Crippen molar-refractivity contribution in [3.8, 4) is 5.75 Å². The second kappa shape index (κ2) is 6.57. The summed E-state index contributed by atoms with van der Waals surface area (Å²) >= 11 is 0. The highest BCUT2D eigenvalue weighted by Gasteiger charge is 2.33. The Bertz CT molecular complexity index is 453. The van der Waals surface area contributed by atoms with Crippen LogP contribution < -0.4 is 5.32 Å². The first-order valence-electron chi connectivity index (χ1n) is 7.25. The summed E-state index contributed by atoms with van der Waals surface area (Å²) in [5, 5.41) is 22.6. The fourth-order valence-electron chi connectivity index (χ4n) is 2.78. The molecule has 0 radical (unpaired) electrons. The third-order valence-corrected chi connectivity index (χ3v) is 4.34. The Labute approximate surface area is 120 Å². The Balaban J connectivity index is 1.93. The fraction of sp³-hybridized carbons (Fsp3) is 0.625. The summed E-state index contributed by atoms with van der Waals surface area (Å²) in [5.41, 5.74) is 3.26. The fourth-order valence-corrected chi connectivity index (χ4v) is 2.78. The molecule has 1 aromatic carbocycles. The Kier molecular flexibility index (Phi) is 5.02. The lowest BCUT2D eigenvalue weighted by atomic mass is 9.84. The summed E-state index contributed by atoms with van der Waals surface area (Å²) in [6, 6.07) is 3.84. The molecule has 0 aromatic heterocycles. The normalized spacial score (nSPS) is 22.4. The number of ether oxygens (including phenoxy) is 1. The Morgan fingerprint density at radius 2 is 2.05 bits per heavy atom. The summed E-state index contributed by atoms with van der Waals surface area (Å²) in [5.74, 6) is 0.347. The molecule has 0 spiro atoms. The van der Waals surface area contributed by atoms with Crippen LogP contribution in [-0.4, -0.2) is 36.6 Å². The smallest absolute Gasteiger partial charge is 0.120 e. The number of rotatable bonds is 6. The first kappa shape index (κ1) is 15.3. The number of nitrogens with one attached hydrogen (secondary N) is 1. The van der Waals surface area contributed by atoms with Crippen LogP contribution in [0.3, 0.4) is 0 Å². The zero-order valence-electron chi connectivity index (χ0n) is 12.4. The molecule has 1 saturated heterocycles. The van der Waals surface area contributed by atoms with E-state index in [4.69, 9.17) is 4.74 Å². The number of hydrogen-bond donors (Lipinski definition) is 3. The minimum atomic E-state index is 0.0457. The van der Waals surface area contributed by atoms with Crippen LogP contribution in [0.1, 0.15) is 29.5 Å². The molecule has 1 heterocycles. The van der Waals surface area contributed by atoms with Gasteiger partial charge >= 0.3 is 0 Å². The van der Waals surface area contributed by atoms with Crippen molar-refractivity contribution in [1.82, 2.24) is 5.32 Å². The number of aryl methyl sites for hydroxylation is 2. The predicted molar refractivity (Wildman–Crippen MR) is 78.9 cm³/mol. The molecule has 3 N–H and O–H groups in total. The van der Waals surface area contributed by atoms with Crippen molar-refractivity contribution in [2.24, 2.45) is 5.41 Å². The highest BCUT2D eigenvalue weighted by Crippen LogP contribution is 2.31. The molecule has 1 atom stereocenters. The van der Waals surface area contributed by atoms with Crippen LogP contribution in [0, 0.1) is 19.3 Å². The van der Waals surface area contributed by atoms with Crippen molar-refractivity contribution in [1.29, 1.82) is 0 Å². The number of aromatic hydroxyl groups is 1. The van der Waals surface area contributed by atoms with Crippen LogP contribution in [0.25, 0.3) is 0 Å². The molecule has 1 fully saturated rings. The van der Waals surface area contributed by atoms with Gasteiger partial charge in [0.05, 0.1) is 6.61 Å². The van der Waals surface area contributed by atoms with Gasteiger partial charge in [0.15, 0.2) is 0 Å². The van der Waals surface area contributed by atoms with Gasteiger partial charge in [0.1, 0.15) is 5.75 Å². The van der Waals surface area contributed by atoms with Gasteiger partial charge in [0.2, 0.25) is 0 Å². The summed E-state index contributed by atoms with van der Waals surface area (Å²) in [6.45, 7) is 7.17. The van der Waals surface area contributed by atoms with Crippen molar-refractivity contribution < 1.29 is 14.9 Å². The predicted octanol–water partition coefficient (Wildman–Crippen LogP) is 1.89. The van der Waals surface area contributed by atoms with Crippen molar-refractivity contribution >= 4 is 0 Å². The number of benzene rings is 1. The van der Waals surface area contributed by atoms with Crippen molar-refractivity contribution in [3.05, 3.63) is 28.8 Å². The SMILES string of the molecule is Cc1cc(O)c(CNCC2(CCO)CCOC2)cc1C. The Morgan fingerprint density at radius 1 is 1.30 bits per heavy atom. The van der Waals surface area contributed by atoms with Crippen molar-refractivity contribution in [2.75, 3.05) is 26.4 Å². The van der Waals surface area contributed by atoms with Crippen molar-refractivity contribution in [2.45, 2.75) is 33.2 Å². The first-order chi connectivity index (χ1) is 9.56. The first-order valence-corrected chi connectivity index (χ1v) is 7.25. The summed E-state index contributed by atoms with van der Waals surface area (Å²) in [6.07, 6.45) is 1.75. The second-order valence-electron chi connectivity index (χ2n) is 5.94. The van der Waals surface area contributed by atoms with E-state index in [1.165, 1.54) is 5.56 Å². The number of aliphatic hydroxyl groups is 1. The largest absolute Gasteiger partial charge is 0.508 e. The highest BCUT2D eigenvalue weighted by molar-refractivity contribution is 5.40. The number of phenolic OH excluding ortho intramolecular Hbond substituents is 1. The van der Waals surface area contributed by atoms with Gasteiger partial charge in [-0.25, -0.2) is 0 Å². The van der Waals surface area contributed by atoms with Crippen molar-refractivity contribution in [3.63, 3.8) is 0 Å². The maximum atomic E-state index is 9.97. The van der Waals surface area contributed by atoms with Gasteiger partial charge in [0.25, 0.3) is 0 Å². The molecule has 1 aliphatic heterocycles. The van der Waals surface area contributed by atoms with E-state index in [1.54, 1.807) is 0 Å². The molecule has 0 amide bonds. The van der Waals surface area contributed by atoms with E-state index in [1.807, 2.05) is 19.1 Å². The average molecular weight is 279 g/mol. The second-order valence-corrected chi connectivity index (χ2v) is 5.94. The van der Waals surface area contributed by atoms with Gasteiger partial charge in [-0.05, 0) is 43.9 Å². The molecule has 0 saturated carbocycles. The molecule has 112 valence electrons. The van der Waals surface area contributed by atoms with Crippen LogP contribution in [0.4, 0.5) is 0 Å². The molecule has 1 unspecified atom stereocenters. The van der Waals surface area contributed by atoms with Gasteiger partial charge in [-0.3, -0.25) is 0 Å². The van der Waals surface area contributed by atoms with E-state index in [0.717, 1.165) is 37.1 Å². The lowest BCUT2D eigenvalue weighted by Crippen LogP contribution is -2.35. The molecule has 4 heteroatoms. The van der Waals surface area contributed by atoms with Crippen LogP contribution in [0.15, 0.2) is 12.1 Å². The molecule has 0 bridgehead atoms. The Hall–Kier alpha value is -1.10. The zero-order valence-corrected chi connectivity index (χ0v) is 12.4. The van der Waals surface area contributed by atoms with Crippen LogP contribution in [-0.2, 0) is 11.3 Å². The molecular formula is C16H25NO3. The van der Waals surface area contributed by atoms with Gasteiger partial charge in [0, 0.05) is 37.3 Å². The molecule has 1 aliphatic rings. The molecule has 4 nitrogen and oxygen atoms in total. The third-order valence-electron chi connectivity index (χ3n) is 4.34. The van der Waals surface area contributed by atoms with Crippen LogP contribution in [0.2, 0.25) is 0 Å². The maximum absolute atomic E-state index is 9.97. The quantitative estimate of drug-likeness (QED) is 0.744. The molecule has 1 aromatic rings. The van der Waals surface area contributed by atoms with E-state index in [-0.39, 0.29) is 12.0 Å². The minimum Gasteiger partial charge on any atom is -0.508 e. The van der Waals surface area contributed by atoms with E-state index in [9.17, 15) is 10.2 Å². The maximum Gasteiger partial charge on any atom is 0.120 e. The third kappa shape index (κ3) is 3.51. The van der Waals surface area contributed by atoms with Gasteiger partial charge in [-0.2, -0.15) is 0 Å². The van der Waals surface area contributed by atoms with Gasteiger partial charge in [-0.15, -0.1) is 0 Å². The van der Waals surface area contributed by atoms with E-state index in [2.05, 4.69) is 12.2 Å². The van der Waals surface area contributed by atoms with Crippen LogP contribution >= 0.6 is 0 Å². The standard InChI is InChI=1S/C16H25NO3/c1-12-7-14(15(19)8-13(12)2)9-17-10-16(3-5-18)4-6-20-11-16/h7-8,17-19H,3-6,9-11H2,1-2H3. The Morgan fingerprint density at radius 3 is 2.70 bits per heavy atom. The molecular weight excluding hydrogens is 254 g/mol. The van der Waals surface area contributed by atoms with Gasteiger partial charge in [-0.1, -0.05) is 6.07 Å². The molecule has 0 aliphatic carbocycles. The minimum absolute atomic E-state index is 0.0457. The topological polar surface area (TPSA) is 61.7 Å². The number of aliphatic hydroxyl groups excluding tert-OH is 1. The van der Waals surface area contributed by atoms with Gasteiger partial charge < -0.3 is 20.3 Å². The summed E-state index contributed by atoms with van der Waals surface area (Å²) in [7, 11) is 0. The molecule has 2 rings (SSSR count). The number of hydrogen-bond acceptors (Lipinski definition) is 4. The summed E-state index contributed by atoms with van der Waals surface area (Å²) < 4.78 is 5.47. The zero-order chi connectivity index (χ0) is 14.6. The average Bonchev–Trinajstić information content (AvgIpc) is 2.85. The lowest BCUT2D eigenvalue weighted by molar-refractivity contribution is 0.124. The number of phenols is 1. The van der Waals surface area contributed by atoms with E-state index >= 15 is 0 Å². The van der Waals surface area contributed by atoms with Crippen LogP contribution in [0.5, 0.6) is 5.75 Å². The van der Waals surface area contributed by atoms with E-state index < -0.39 is 0 Å².